The Bertz CT molecular complexity index is 394. The van der Waals surface area contributed by atoms with Crippen LogP contribution in [-0.4, -0.2) is 18.1 Å². The number of rotatable bonds is 3. The number of nitrogens with two attached hydrogens (primary N) is 1. The predicted octanol–water partition coefficient (Wildman–Crippen LogP) is 2.52. The van der Waals surface area contributed by atoms with E-state index < -0.39 is 0 Å². The molecular weight excluding hydrogens is 214 g/mol. The minimum atomic E-state index is 0.465. The molecule has 0 aliphatic heterocycles. The van der Waals surface area contributed by atoms with Crippen molar-refractivity contribution < 1.29 is 4.74 Å². The fourth-order valence-electron chi connectivity index (χ4n) is 2.43. The molecule has 0 aromatic carbocycles. The molecule has 1 aliphatic rings. The summed E-state index contributed by atoms with van der Waals surface area (Å²) in [7, 11) is 1.61. The molecule has 4 heteroatoms. The van der Waals surface area contributed by atoms with Crippen molar-refractivity contribution in [3.8, 4) is 5.88 Å². The normalized spacial score (nSPS) is 28.1. The van der Waals surface area contributed by atoms with Crippen molar-refractivity contribution in [3.63, 3.8) is 0 Å². The Labute approximate surface area is 103 Å². The van der Waals surface area contributed by atoms with Gasteiger partial charge in [-0.2, -0.15) is 4.98 Å². The van der Waals surface area contributed by atoms with Gasteiger partial charge in [0, 0.05) is 12.1 Å². The summed E-state index contributed by atoms with van der Waals surface area (Å²) in [6.07, 6.45) is 2.45. The number of methoxy groups -OCH3 is 1. The summed E-state index contributed by atoms with van der Waals surface area (Å²) in [4.78, 5) is 4.36. The van der Waals surface area contributed by atoms with Crippen LogP contribution in [0.3, 0.4) is 0 Å². The van der Waals surface area contributed by atoms with E-state index in [1.165, 1.54) is 12.8 Å². The Kier molecular flexibility index (Phi) is 3.41. The molecule has 1 aromatic rings. The molecule has 0 bridgehead atoms. The molecule has 0 saturated heterocycles. The van der Waals surface area contributed by atoms with E-state index in [-0.39, 0.29) is 0 Å². The van der Waals surface area contributed by atoms with Crippen molar-refractivity contribution in [3.05, 3.63) is 12.1 Å². The van der Waals surface area contributed by atoms with Gasteiger partial charge in [-0.1, -0.05) is 13.8 Å². The second-order valence-electron chi connectivity index (χ2n) is 4.96. The fraction of sp³-hybridized carbons (Fsp3) is 0.615. The molecule has 4 nitrogen and oxygen atoms in total. The average Bonchev–Trinajstić information content (AvgIpc) is 2.64. The maximum absolute atomic E-state index is 5.92. The molecular formula is C13H21N3O. The van der Waals surface area contributed by atoms with E-state index in [9.17, 15) is 0 Å². The van der Waals surface area contributed by atoms with E-state index in [4.69, 9.17) is 10.5 Å². The lowest BCUT2D eigenvalue weighted by atomic mass is 9.98. The lowest BCUT2D eigenvalue weighted by Gasteiger charge is -2.21. The van der Waals surface area contributed by atoms with Crippen LogP contribution in [0.4, 0.5) is 11.5 Å². The quantitative estimate of drug-likeness (QED) is 0.845. The van der Waals surface area contributed by atoms with Gasteiger partial charge in [0.05, 0.1) is 12.8 Å². The standard InChI is InChI=1S/C13H21N3O/c1-8-4-6-11(9(8)2)15-13-10(14)5-7-12(16-13)17-3/h5,7-9,11H,4,6,14H2,1-3H3,(H,15,16). The van der Waals surface area contributed by atoms with Crippen molar-refractivity contribution >= 4 is 11.5 Å². The first-order chi connectivity index (χ1) is 8.11. The van der Waals surface area contributed by atoms with Crippen LogP contribution in [0.5, 0.6) is 5.88 Å². The third-order valence-electron chi connectivity index (χ3n) is 3.90. The minimum Gasteiger partial charge on any atom is -0.481 e. The summed E-state index contributed by atoms with van der Waals surface area (Å²) in [5.41, 5.74) is 6.60. The summed E-state index contributed by atoms with van der Waals surface area (Å²) < 4.78 is 5.12. The molecule has 0 radical (unpaired) electrons. The summed E-state index contributed by atoms with van der Waals surface area (Å²) in [6.45, 7) is 4.58. The van der Waals surface area contributed by atoms with Gasteiger partial charge in [0.15, 0.2) is 5.82 Å². The van der Waals surface area contributed by atoms with E-state index in [1.807, 2.05) is 6.07 Å². The highest BCUT2D eigenvalue weighted by Gasteiger charge is 2.30. The average molecular weight is 235 g/mol. The topological polar surface area (TPSA) is 60.2 Å². The Morgan fingerprint density at radius 3 is 2.71 bits per heavy atom. The molecule has 1 saturated carbocycles. The van der Waals surface area contributed by atoms with Crippen molar-refractivity contribution in [2.24, 2.45) is 11.8 Å². The maximum atomic E-state index is 5.92. The minimum absolute atomic E-state index is 0.465. The van der Waals surface area contributed by atoms with Gasteiger partial charge >= 0.3 is 0 Å². The fourth-order valence-corrected chi connectivity index (χ4v) is 2.43. The number of nitrogen functional groups attached to an aromatic ring is 1. The number of hydrogen-bond donors (Lipinski definition) is 2. The first kappa shape index (κ1) is 12.0. The van der Waals surface area contributed by atoms with Crippen LogP contribution in [0, 0.1) is 11.8 Å². The first-order valence-corrected chi connectivity index (χ1v) is 6.19. The Balaban J connectivity index is 2.13. The van der Waals surface area contributed by atoms with Crippen LogP contribution in [0.15, 0.2) is 12.1 Å². The molecule has 1 aliphatic carbocycles. The van der Waals surface area contributed by atoms with Gasteiger partial charge in [-0.3, -0.25) is 0 Å². The molecule has 1 heterocycles. The van der Waals surface area contributed by atoms with Crippen LogP contribution in [0.2, 0.25) is 0 Å². The Hall–Kier alpha value is -1.45. The third-order valence-corrected chi connectivity index (χ3v) is 3.90. The van der Waals surface area contributed by atoms with E-state index in [0.717, 1.165) is 11.7 Å². The summed E-state index contributed by atoms with van der Waals surface area (Å²) in [5.74, 6) is 2.76. The second-order valence-corrected chi connectivity index (χ2v) is 4.96. The van der Waals surface area contributed by atoms with Gasteiger partial charge in [0.2, 0.25) is 5.88 Å². The zero-order valence-electron chi connectivity index (χ0n) is 10.7. The summed E-state index contributed by atoms with van der Waals surface area (Å²) in [5, 5.41) is 3.45. The van der Waals surface area contributed by atoms with Gasteiger partial charge in [0.1, 0.15) is 0 Å². The zero-order chi connectivity index (χ0) is 12.4. The number of nitrogens with one attached hydrogen (secondary N) is 1. The van der Waals surface area contributed by atoms with Crippen LogP contribution < -0.4 is 15.8 Å². The van der Waals surface area contributed by atoms with Gasteiger partial charge in [-0.25, -0.2) is 0 Å². The number of aromatic nitrogens is 1. The lowest BCUT2D eigenvalue weighted by molar-refractivity contribution is 0.397. The lowest BCUT2D eigenvalue weighted by Crippen LogP contribution is -2.25. The van der Waals surface area contributed by atoms with Crippen molar-refractivity contribution in [2.45, 2.75) is 32.7 Å². The molecule has 94 valence electrons. The smallest absolute Gasteiger partial charge is 0.215 e. The van der Waals surface area contributed by atoms with Crippen molar-refractivity contribution in [2.75, 3.05) is 18.2 Å². The molecule has 3 unspecified atom stereocenters. The van der Waals surface area contributed by atoms with Gasteiger partial charge in [0.25, 0.3) is 0 Å². The van der Waals surface area contributed by atoms with E-state index in [2.05, 4.69) is 24.1 Å². The third kappa shape index (κ3) is 2.46. The zero-order valence-corrected chi connectivity index (χ0v) is 10.7. The maximum Gasteiger partial charge on any atom is 0.215 e. The van der Waals surface area contributed by atoms with E-state index in [0.29, 0.717) is 23.5 Å². The monoisotopic (exact) mass is 235 g/mol. The molecule has 3 atom stereocenters. The molecule has 3 N–H and O–H groups in total. The number of nitrogens with zero attached hydrogens (tertiary/aromatic N) is 1. The Morgan fingerprint density at radius 2 is 2.12 bits per heavy atom. The van der Waals surface area contributed by atoms with Crippen LogP contribution in [0.25, 0.3) is 0 Å². The summed E-state index contributed by atoms with van der Waals surface area (Å²) >= 11 is 0. The molecule has 1 aromatic heterocycles. The van der Waals surface area contributed by atoms with Gasteiger partial charge in [-0.15, -0.1) is 0 Å². The van der Waals surface area contributed by atoms with Crippen LogP contribution >= 0.6 is 0 Å². The summed E-state index contributed by atoms with van der Waals surface area (Å²) in [6, 6.07) is 4.07. The molecule has 1 fully saturated rings. The van der Waals surface area contributed by atoms with Crippen LogP contribution in [-0.2, 0) is 0 Å². The second kappa shape index (κ2) is 4.82. The highest BCUT2D eigenvalue weighted by molar-refractivity contribution is 5.62. The van der Waals surface area contributed by atoms with Crippen molar-refractivity contribution in [1.29, 1.82) is 0 Å². The highest BCUT2D eigenvalue weighted by atomic mass is 16.5. The van der Waals surface area contributed by atoms with E-state index >= 15 is 0 Å². The van der Waals surface area contributed by atoms with E-state index in [1.54, 1.807) is 13.2 Å². The number of pyridine rings is 1. The molecule has 0 amide bonds. The van der Waals surface area contributed by atoms with Gasteiger partial charge in [-0.05, 0) is 30.7 Å². The predicted molar refractivity (Wildman–Crippen MR) is 70.2 cm³/mol. The Morgan fingerprint density at radius 1 is 1.35 bits per heavy atom. The number of anilines is 2. The molecule has 17 heavy (non-hydrogen) atoms. The SMILES string of the molecule is COc1ccc(N)c(NC2CCC(C)C2C)n1. The number of hydrogen-bond acceptors (Lipinski definition) is 4. The first-order valence-electron chi connectivity index (χ1n) is 6.19. The molecule has 0 spiro atoms. The molecule has 2 rings (SSSR count). The van der Waals surface area contributed by atoms with Crippen molar-refractivity contribution in [1.82, 2.24) is 4.98 Å². The van der Waals surface area contributed by atoms with Gasteiger partial charge < -0.3 is 15.8 Å². The largest absolute Gasteiger partial charge is 0.481 e. The van der Waals surface area contributed by atoms with Crippen LogP contribution in [0.1, 0.15) is 26.7 Å². The number of ether oxygens (including phenoxy) is 1. The highest BCUT2D eigenvalue weighted by Crippen LogP contribution is 2.34.